The number of carbonyl (C=O) groups is 1. The van der Waals surface area contributed by atoms with Crippen LogP contribution in [0, 0.1) is 0 Å². The first-order valence-corrected chi connectivity index (χ1v) is 7.29. The molecular weight excluding hydrogens is 262 g/mol. The number of hydrogen-bond acceptors (Lipinski definition) is 3. The van der Waals surface area contributed by atoms with Gasteiger partial charge >= 0.3 is 0 Å². The highest BCUT2D eigenvalue weighted by molar-refractivity contribution is 5.96. The molecule has 21 heavy (non-hydrogen) atoms. The van der Waals surface area contributed by atoms with Crippen molar-refractivity contribution in [1.29, 1.82) is 0 Å². The van der Waals surface area contributed by atoms with Crippen LogP contribution >= 0.6 is 0 Å². The van der Waals surface area contributed by atoms with E-state index in [0.717, 1.165) is 30.8 Å². The SMILES string of the molecule is CC(NC(=O)c1cccc2c1CCNC2)c1ccccn1. The molecule has 108 valence electrons. The van der Waals surface area contributed by atoms with E-state index in [-0.39, 0.29) is 11.9 Å². The van der Waals surface area contributed by atoms with Gasteiger partial charge in [-0.2, -0.15) is 0 Å². The Hall–Kier alpha value is -2.20. The number of hydrogen-bond donors (Lipinski definition) is 2. The summed E-state index contributed by atoms with van der Waals surface area (Å²) in [5, 5.41) is 6.37. The molecule has 0 radical (unpaired) electrons. The van der Waals surface area contributed by atoms with E-state index in [0.29, 0.717) is 0 Å². The van der Waals surface area contributed by atoms with Crippen molar-refractivity contribution >= 4 is 5.91 Å². The lowest BCUT2D eigenvalue weighted by molar-refractivity contribution is 0.0938. The Morgan fingerprint density at radius 1 is 1.29 bits per heavy atom. The topological polar surface area (TPSA) is 54.0 Å². The van der Waals surface area contributed by atoms with Gasteiger partial charge in [-0.25, -0.2) is 0 Å². The Bertz CT molecular complexity index is 640. The highest BCUT2D eigenvalue weighted by Crippen LogP contribution is 2.19. The third-order valence-corrected chi connectivity index (χ3v) is 3.86. The quantitative estimate of drug-likeness (QED) is 0.907. The number of fused-ring (bicyclic) bond motifs is 1. The van der Waals surface area contributed by atoms with Crippen LogP contribution < -0.4 is 10.6 Å². The number of carbonyl (C=O) groups excluding carboxylic acids is 1. The smallest absolute Gasteiger partial charge is 0.252 e. The molecule has 0 spiro atoms. The van der Waals surface area contributed by atoms with Gasteiger partial charge in [0.2, 0.25) is 0 Å². The minimum Gasteiger partial charge on any atom is -0.344 e. The lowest BCUT2D eigenvalue weighted by Crippen LogP contribution is -2.31. The summed E-state index contributed by atoms with van der Waals surface area (Å²) in [5.74, 6) is -0.0214. The van der Waals surface area contributed by atoms with Gasteiger partial charge in [0, 0.05) is 18.3 Å². The highest BCUT2D eigenvalue weighted by atomic mass is 16.1. The molecule has 1 aliphatic rings. The van der Waals surface area contributed by atoms with E-state index >= 15 is 0 Å². The van der Waals surface area contributed by atoms with Crippen LogP contribution in [0.25, 0.3) is 0 Å². The van der Waals surface area contributed by atoms with Crippen LogP contribution in [-0.4, -0.2) is 17.4 Å². The predicted molar refractivity (Wildman–Crippen MR) is 82.0 cm³/mol. The molecule has 4 heteroatoms. The van der Waals surface area contributed by atoms with Gasteiger partial charge in [-0.15, -0.1) is 0 Å². The van der Waals surface area contributed by atoms with Gasteiger partial charge in [-0.05, 0) is 49.2 Å². The number of nitrogens with zero attached hydrogens (tertiary/aromatic N) is 1. The maximum Gasteiger partial charge on any atom is 0.252 e. The first kappa shape index (κ1) is 13.8. The van der Waals surface area contributed by atoms with E-state index in [1.807, 2.05) is 37.3 Å². The molecule has 2 aromatic rings. The zero-order chi connectivity index (χ0) is 14.7. The monoisotopic (exact) mass is 281 g/mol. The second-order valence-electron chi connectivity index (χ2n) is 5.32. The van der Waals surface area contributed by atoms with Gasteiger partial charge in [-0.3, -0.25) is 9.78 Å². The number of rotatable bonds is 3. The number of amides is 1. The average Bonchev–Trinajstić information content (AvgIpc) is 2.55. The second kappa shape index (κ2) is 6.06. The van der Waals surface area contributed by atoms with E-state index in [2.05, 4.69) is 21.7 Å². The van der Waals surface area contributed by atoms with Crippen LogP contribution in [0.15, 0.2) is 42.6 Å². The van der Waals surface area contributed by atoms with Gasteiger partial charge in [0.15, 0.2) is 0 Å². The fourth-order valence-corrected chi connectivity index (χ4v) is 2.73. The largest absolute Gasteiger partial charge is 0.344 e. The first-order valence-electron chi connectivity index (χ1n) is 7.29. The summed E-state index contributed by atoms with van der Waals surface area (Å²) >= 11 is 0. The summed E-state index contributed by atoms with van der Waals surface area (Å²) in [4.78, 5) is 16.8. The maximum absolute atomic E-state index is 12.5. The van der Waals surface area contributed by atoms with E-state index in [9.17, 15) is 4.79 Å². The van der Waals surface area contributed by atoms with E-state index in [1.165, 1.54) is 11.1 Å². The molecule has 0 bridgehead atoms. The summed E-state index contributed by atoms with van der Waals surface area (Å²) in [6.45, 7) is 3.72. The lowest BCUT2D eigenvalue weighted by Gasteiger charge is -2.21. The van der Waals surface area contributed by atoms with Crippen molar-refractivity contribution in [2.45, 2.75) is 25.9 Å². The van der Waals surface area contributed by atoms with Gasteiger partial charge in [0.25, 0.3) is 5.91 Å². The van der Waals surface area contributed by atoms with Crippen molar-refractivity contribution < 1.29 is 4.79 Å². The Morgan fingerprint density at radius 2 is 2.19 bits per heavy atom. The zero-order valence-corrected chi connectivity index (χ0v) is 12.1. The number of aromatic nitrogens is 1. The summed E-state index contributed by atoms with van der Waals surface area (Å²) < 4.78 is 0. The summed E-state index contributed by atoms with van der Waals surface area (Å²) in [6.07, 6.45) is 2.64. The van der Waals surface area contributed by atoms with Gasteiger partial charge in [0.1, 0.15) is 0 Å². The molecule has 0 fully saturated rings. The first-order chi connectivity index (χ1) is 10.3. The molecular formula is C17H19N3O. The number of benzene rings is 1. The van der Waals surface area contributed by atoms with E-state index in [1.54, 1.807) is 6.20 Å². The molecule has 1 unspecified atom stereocenters. The highest BCUT2D eigenvalue weighted by Gasteiger charge is 2.19. The molecule has 3 rings (SSSR count). The minimum atomic E-state index is -0.101. The van der Waals surface area contributed by atoms with E-state index in [4.69, 9.17) is 0 Å². The molecule has 1 aliphatic heterocycles. The van der Waals surface area contributed by atoms with Gasteiger partial charge in [-0.1, -0.05) is 18.2 Å². The molecule has 4 nitrogen and oxygen atoms in total. The van der Waals surface area contributed by atoms with Crippen LogP contribution in [-0.2, 0) is 13.0 Å². The minimum absolute atomic E-state index is 0.0214. The fourth-order valence-electron chi connectivity index (χ4n) is 2.73. The molecule has 1 amide bonds. The van der Waals surface area contributed by atoms with Crippen LogP contribution in [0.5, 0.6) is 0 Å². The third-order valence-electron chi connectivity index (χ3n) is 3.86. The van der Waals surface area contributed by atoms with Crippen LogP contribution in [0.4, 0.5) is 0 Å². The van der Waals surface area contributed by atoms with E-state index < -0.39 is 0 Å². The number of nitrogens with one attached hydrogen (secondary N) is 2. The summed E-state index contributed by atoms with van der Waals surface area (Å²) in [6, 6.07) is 11.6. The van der Waals surface area contributed by atoms with Gasteiger partial charge in [0.05, 0.1) is 11.7 Å². The molecule has 0 saturated heterocycles. The Kier molecular flexibility index (Phi) is 3.97. The summed E-state index contributed by atoms with van der Waals surface area (Å²) in [5.41, 5.74) is 4.05. The van der Waals surface area contributed by atoms with Crippen LogP contribution in [0.2, 0.25) is 0 Å². The van der Waals surface area contributed by atoms with Crippen molar-refractivity contribution in [3.63, 3.8) is 0 Å². The van der Waals surface area contributed by atoms with Crippen molar-refractivity contribution in [1.82, 2.24) is 15.6 Å². The maximum atomic E-state index is 12.5. The Balaban J connectivity index is 1.80. The van der Waals surface area contributed by atoms with Crippen molar-refractivity contribution in [2.24, 2.45) is 0 Å². The van der Waals surface area contributed by atoms with Crippen molar-refractivity contribution in [3.8, 4) is 0 Å². The molecule has 2 heterocycles. The normalized spacial score (nSPS) is 15.1. The van der Waals surface area contributed by atoms with Gasteiger partial charge < -0.3 is 10.6 Å². The average molecular weight is 281 g/mol. The van der Waals surface area contributed by atoms with Crippen molar-refractivity contribution in [2.75, 3.05) is 6.54 Å². The molecule has 2 N–H and O–H groups in total. The van der Waals surface area contributed by atoms with Crippen LogP contribution in [0.3, 0.4) is 0 Å². The predicted octanol–water partition coefficient (Wildman–Crippen LogP) is 2.22. The molecule has 1 aromatic carbocycles. The lowest BCUT2D eigenvalue weighted by atomic mass is 9.95. The second-order valence-corrected chi connectivity index (χ2v) is 5.32. The fraction of sp³-hybridized carbons (Fsp3) is 0.294. The standard InChI is InChI=1S/C17H19N3O/c1-12(16-7-2-3-9-19-16)20-17(21)15-6-4-5-13-11-18-10-8-14(13)15/h2-7,9,12,18H,8,10-11H2,1H3,(H,20,21). The molecule has 0 saturated carbocycles. The Labute approximate surface area is 124 Å². The van der Waals surface area contributed by atoms with Crippen molar-refractivity contribution in [3.05, 3.63) is 65.0 Å². The number of pyridine rings is 1. The summed E-state index contributed by atoms with van der Waals surface area (Å²) in [7, 11) is 0. The van der Waals surface area contributed by atoms with Crippen LogP contribution in [0.1, 0.15) is 40.1 Å². The zero-order valence-electron chi connectivity index (χ0n) is 12.1. The molecule has 1 atom stereocenters. The molecule has 0 aliphatic carbocycles. The third kappa shape index (κ3) is 2.95. The Morgan fingerprint density at radius 3 is 3.00 bits per heavy atom. The molecule has 1 aromatic heterocycles.